The van der Waals surface area contributed by atoms with Gasteiger partial charge in [0.2, 0.25) is 0 Å². The van der Waals surface area contributed by atoms with E-state index in [1.54, 1.807) is 24.3 Å². The van der Waals surface area contributed by atoms with E-state index in [4.69, 9.17) is 9.84 Å². The summed E-state index contributed by atoms with van der Waals surface area (Å²) in [5.74, 6) is -0.406. The third-order valence-corrected chi connectivity index (χ3v) is 3.84. The molecule has 0 spiro atoms. The standard InChI is InChI=1S/C20H23NO4/c1-3-18(25-17-6-4-5-14(2)13-17)19(22)21-12-11-15-7-9-16(10-8-15)20(23)24/h4-10,13,18H,3,11-12H2,1-2H3,(H,21,22)(H,23,24). The smallest absolute Gasteiger partial charge is 0.335 e. The number of aromatic carboxylic acids is 1. The molecule has 2 aromatic carbocycles. The second-order valence-electron chi connectivity index (χ2n) is 5.87. The van der Waals surface area contributed by atoms with E-state index in [0.717, 1.165) is 11.1 Å². The average molecular weight is 341 g/mol. The van der Waals surface area contributed by atoms with E-state index in [9.17, 15) is 9.59 Å². The van der Waals surface area contributed by atoms with Crippen molar-refractivity contribution in [3.8, 4) is 5.75 Å². The van der Waals surface area contributed by atoms with Gasteiger partial charge in [-0.2, -0.15) is 0 Å². The molecule has 1 amide bonds. The number of benzene rings is 2. The van der Waals surface area contributed by atoms with Crippen molar-refractivity contribution < 1.29 is 19.4 Å². The quantitative estimate of drug-likeness (QED) is 0.773. The number of hydrogen-bond acceptors (Lipinski definition) is 3. The molecule has 2 aromatic rings. The highest BCUT2D eigenvalue weighted by Crippen LogP contribution is 2.15. The zero-order valence-corrected chi connectivity index (χ0v) is 14.5. The minimum absolute atomic E-state index is 0.147. The lowest BCUT2D eigenvalue weighted by Gasteiger charge is -2.17. The summed E-state index contributed by atoms with van der Waals surface area (Å²) in [4.78, 5) is 23.1. The van der Waals surface area contributed by atoms with Crippen molar-refractivity contribution in [2.45, 2.75) is 32.8 Å². The fourth-order valence-corrected chi connectivity index (χ4v) is 2.43. The van der Waals surface area contributed by atoms with Crippen LogP contribution in [0.5, 0.6) is 5.75 Å². The number of aryl methyl sites for hydroxylation is 1. The van der Waals surface area contributed by atoms with E-state index in [0.29, 0.717) is 25.1 Å². The number of carboxylic acids is 1. The summed E-state index contributed by atoms with van der Waals surface area (Å²) in [5, 5.41) is 11.8. The number of rotatable bonds is 8. The zero-order chi connectivity index (χ0) is 18.2. The molecule has 0 radical (unpaired) electrons. The SMILES string of the molecule is CCC(Oc1cccc(C)c1)C(=O)NCCc1ccc(C(=O)O)cc1. The third kappa shape index (κ3) is 5.64. The first-order valence-corrected chi connectivity index (χ1v) is 8.33. The molecule has 0 aliphatic heterocycles. The summed E-state index contributed by atoms with van der Waals surface area (Å²) in [7, 11) is 0. The molecule has 0 bridgehead atoms. The maximum Gasteiger partial charge on any atom is 0.335 e. The monoisotopic (exact) mass is 341 g/mol. The molecule has 25 heavy (non-hydrogen) atoms. The van der Waals surface area contributed by atoms with Gasteiger partial charge in [-0.05, 0) is 55.2 Å². The molecule has 0 aliphatic carbocycles. The van der Waals surface area contributed by atoms with Crippen LogP contribution in [-0.2, 0) is 11.2 Å². The van der Waals surface area contributed by atoms with Crippen LogP contribution in [-0.4, -0.2) is 29.6 Å². The van der Waals surface area contributed by atoms with Crippen molar-refractivity contribution in [2.75, 3.05) is 6.54 Å². The van der Waals surface area contributed by atoms with Gasteiger partial charge in [-0.3, -0.25) is 4.79 Å². The Morgan fingerprint density at radius 1 is 1.16 bits per heavy atom. The molecule has 2 rings (SSSR count). The number of hydrogen-bond donors (Lipinski definition) is 2. The Balaban J connectivity index is 1.84. The van der Waals surface area contributed by atoms with Crippen molar-refractivity contribution in [2.24, 2.45) is 0 Å². The van der Waals surface area contributed by atoms with Gasteiger partial charge in [0, 0.05) is 6.54 Å². The Hall–Kier alpha value is -2.82. The minimum Gasteiger partial charge on any atom is -0.481 e. The molecule has 0 heterocycles. The number of ether oxygens (including phenoxy) is 1. The van der Waals surface area contributed by atoms with Crippen LogP contribution in [0.25, 0.3) is 0 Å². The molecular weight excluding hydrogens is 318 g/mol. The molecule has 0 saturated heterocycles. The molecule has 1 atom stereocenters. The predicted molar refractivity (Wildman–Crippen MR) is 96.0 cm³/mol. The van der Waals surface area contributed by atoms with Crippen LogP contribution in [0, 0.1) is 6.92 Å². The van der Waals surface area contributed by atoms with Gasteiger partial charge in [0.15, 0.2) is 6.10 Å². The Kier molecular flexibility index (Phi) is 6.57. The van der Waals surface area contributed by atoms with Crippen LogP contribution in [0.1, 0.15) is 34.8 Å². The largest absolute Gasteiger partial charge is 0.481 e. The third-order valence-electron chi connectivity index (χ3n) is 3.84. The maximum atomic E-state index is 12.3. The lowest BCUT2D eigenvalue weighted by Crippen LogP contribution is -2.38. The van der Waals surface area contributed by atoms with Gasteiger partial charge in [-0.1, -0.05) is 31.2 Å². The highest BCUT2D eigenvalue weighted by atomic mass is 16.5. The number of amides is 1. The van der Waals surface area contributed by atoms with Crippen LogP contribution < -0.4 is 10.1 Å². The number of nitrogens with one attached hydrogen (secondary N) is 1. The van der Waals surface area contributed by atoms with E-state index >= 15 is 0 Å². The fraction of sp³-hybridized carbons (Fsp3) is 0.300. The summed E-state index contributed by atoms with van der Waals surface area (Å²) < 4.78 is 5.77. The van der Waals surface area contributed by atoms with Gasteiger partial charge in [0.25, 0.3) is 5.91 Å². The van der Waals surface area contributed by atoms with Gasteiger partial charge in [-0.25, -0.2) is 4.79 Å². The van der Waals surface area contributed by atoms with Gasteiger partial charge >= 0.3 is 5.97 Å². The molecule has 1 unspecified atom stereocenters. The number of carbonyl (C=O) groups is 2. The molecule has 0 saturated carbocycles. The first kappa shape index (κ1) is 18.5. The Labute approximate surface area is 147 Å². The first-order valence-electron chi connectivity index (χ1n) is 8.33. The highest BCUT2D eigenvalue weighted by Gasteiger charge is 2.17. The van der Waals surface area contributed by atoms with Crippen molar-refractivity contribution >= 4 is 11.9 Å². The Morgan fingerprint density at radius 2 is 1.88 bits per heavy atom. The number of carbonyl (C=O) groups excluding carboxylic acids is 1. The molecule has 0 fully saturated rings. The molecule has 0 aliphatic rings. The van der Waals surface area contributed by atoms with Gasteiger partial charge < -0.3 is 15.2 Å². The van der Waals surface area contributed by atoms with E-state index in [1.165, 1.54) is 0 Å². The molecule has 5 nitrogen and oxygen atoms in total. The molecule has 0 aromatic heterocycles. The normalized spacial score (nSPS) is 11.6. The topological polar surface area (TPSA) is 75.6 Å². The predicted octanol–water partition coefficient (Wildman–Crippen LogP) is 3.21. The molecule has 132 valence electrons. The van der Waals surface area contributed by atoms with Crippen molar-refractivity contribution in [1.29, 1.82) is 0 Å². The summed E-state index contributed by atoms with van der Waals surface area (Å²) in [6.45, 7) is 4.35. The van der Waals surface area contributed by atoms with Crippen LogP contribution in [0.4, 0.5) is 0 Å². The number of carboxylic acid groups (broad SMARTS) is 1. The van der Waals surface area contributed by atoms with Gasteiger partial charge in [0.1, 0.15) is 5.75 Å². The lowest BCUT2D eigenvalue weighted by atomic mass is 10.1. The summed E-state index contributed by atoms with van der Waals surface area (Å²) >= 11 is 0. The summed E-state index contributed by atoms with van der Waals surface area (Å²) in [6, 6.07) is 14.3. The minimum atomic E-state index is -0.945. The van der Waals surface area contributed by atoms with E-state index in [2.05, 4.69) is 5.32 Å². The van der Waals surface area contributed by atoms with Crippen LogP contribution >= 0.6 is 0 Å². The van der Waals surface area contributed by atoms with E-state index in [-0.39, 0.29) is 11.5 Å². The second kappa shape index (κ2) is 8.87. The molecular formula is C20H23NO4. The van der Waals surface area contributed by atoms with Crippen LogP contribution in [0.3, 0.4) is 0 Å². The zero-order valence-electron chi connectivity index (χ0n) is 14.5. The van der Waals surface area contributed by atoms with Gasteiger partial charge in [0.05, 0.1) is 5.56 Å². The molecule has 2 N–H and O–H groups in total. The molecule has 5 heteroatoms. The van der Waals surface area contributed by atoms with E-state index < -0.39 is 12.1 Å². The first-order chi connectivity index (χ1) is 12.0. The lowest BCUT2D eigenvalue weighted by molar-refractivity contribution is -0.128. The Morgan fingerprint density at radius 3 is 2.48 bits per heavy atom. The fourth-order valence-electron chi connectivity index (χ4n) is 2.43. The van der Waals surface area contributed by atoms with E-state index in [1.807, 2.05) is 38.1 Å². The van der Waals surface area contributed by atoms with Gasteiger partial charge in [-0.15, -0.1) is 0 Å². The van der Waals surface area contributed by atoms with Crippen molar-refractivity contribution in [3.05, 3.63) is 65.2 Å². The highest BCUT2D eigenvalue weighted by molar-refractivity contribution is 5.87. The van der Waals surface area contributed by atoms with Crippen LogP contribution in [0.15, 0.2) is 48.5 Å². The van der Waals surface area contributed by atoms with Crippen LogP contribution in [0.2, 0.25) is 0 Å². The Bertz CT molecular complexity index is 725. The summed E-state index contributed by atoms with van der Waals surface area (Å²) in [6.07, 6.45) is 0.677. The maximum absolute atomic E-state index is 12.3. The average Bonchev–Trinajstić information content (AvgIpc) is 2.60. The second-order valence-corrected chi connectivity index (χ2v) is 5.87. The van der Waals surface area contributed by atoms with Crippen molar-refractivity contribution in [1.82, 2.24) is 5.32 Å². The summed E-state index contributed by atoms with van der Waals surface area (Å²) in [5.41, 5.74) is 2.31. The van der Waals surface area contributed by atoms with Crippen molar-refractivity contribution in [3.63, 3.8) is 0 Å².